The van der Waals surface area contributed by atoms with Crippen molar-refractivity contribution < 1.29 is 13.2 Å². The molecular formula is C19H23F3N6. The molecule has 1 aliphatic heterocycles. The van der Waals surface area contributed by atoms with Gasteiger partial charge in [0.25, 0.3) is 0 Å². The van der Waals surface area contributed by atoms with Crippen LogP contribution in [0.3, 0.4) is 0 Å². The van der Waals surface area contributed by atoms with Gasteiger partial charge < -0.3 is 21.7 Å². The number of anilines is 4. The van der Waals surface area contributed by atoms with Crippen molar-refractivity contribution in [3.05, 3.63) is 35.0 Å². The molecule has 150 valence electrons. The third kappa shape index (κ3) is 3.84. The minimum Gasteiger partial charge on any atom is -0.399 e. The molecule has 0 radical (unpaired) electrons. The Morgan fingerprint density at radius 2 is 1.89 bits per heavy atom. The van der Waals surface area contributed by atoms with E-state index < -0.39 is 11.7 Å². The van der Waals surface area contributed by atoms with Crippen molar-refractivity contribution in [3.8, 4) is 0 Å². The third-order valence-corrected chi connectivity index (χ3v) is 5.22. The molecular weight excluding hydrogens is 369 g/mol. The summed E-state index contributed by atoms with van der Waals surface area (Å²) in [7, 11) is 0. The lowest BCUT2D eigenvalue weighted by atomic mass is 9.96. The van der Waals surface area contributed by atoms with Crippen molar-refractivity contribution in [1.82, 2.24) is 9.97 Å². The second kappa shape index (κ2) is 7.12. The van der Waals surface area contributed by atoms with Gasteiger partial charge in [-0.3, -0.25) is 0 Å². The van der Waals surface area contributed by atoms with E-state index in [-0.39, 0.29) is 23.4 Å². The maximum Gasteiger partial charge on any atom is 0.416 e. The molecule has 1 aromatic heterocycles. The van der Waals surface area contributed by atoms with Gasteiger partial charge in [0.05, 0.1) is 11.3 Å². The molecule has 5 N–H and O–H groups in total. The number of hydrogen-bond donors (Lipinski definition) is 3. The average molecular weight is 392 g/mol. The standard InChI is InChI=1S/C19H23F3N6/c20-19(21,22)11-7-13(24)9-14(8-11)25-18-26-16-4-2-1-3-15(16)17(27-18)28-6-5-12(23)10-28/h7-9,12H,1-6,10,23-24H2,(H,25,26,27)/t12-/m0/s1. The fraction of sp³-hybridized carbons (Fsp3) is 0.474. The number of halogens is 3. The van der Waals surface area contributed by atoms with Gasteiger partial charge in [-0.05, 0) is 50.3 Å². The number of nitrogens with one attached hydrogen (secondary N) is 1. The van der Waals surface area contributed by atoms with Crippen LogP contribution in [0.25, 0.3) is 0 Å². The zero-order chi connectivity index (χ0) is 19.9. The Hall–Kier alpha value is -2.55. The first kappa shape index (κ1) is 18.8. The van der Waals surface area contributed by atoms with Crippen LogP contribution in [-0.4, -0.2) is 29.1 Å². The van der Waals surface area contributed by atoms with Gasteiger partial charge in [0, 0.05) is 36.1 Å². The van der Waals surface area contributed by atoms with Crippen molar-refractivity contribution in [1.29, 1.82) is 0 Å². The lowest BCUT2D eigenvalue weighted by Crippen LogP contribution is -2.29. The molecule has 2 heterocycles. The molecule has 2 aliphatic rings. The lowest BCUT2D eigenvalue weighted by Gasteiger charge is -2.25. The largest absolute Gasteiger partial charge is 0.416 e. The van der Waals surface area contributed by atoms with E-state index in [9.17, 15) is 13.2 Å². The molecule has 0 bridgehead atoms. The maximum atomic E-state index is 13.1. The minimum atomic E-state index is -4.47. The highest BCUT2D eigenvalue weighted by Crippen LogP contribution is 2.35. The number of rotatable bonds is 3. The molecule has 2 aromatic rings. The topological polar surface area (TPSA) is 93.1 Å². The Morgan fingerprint density at radius 1 is 1.11 bits per heavy atom. The molecule has 0 spiro atoms. The predicted octanol–water partition coefficient (Wildman–Crippen LogP) is 3.24. The summed E-state index contributed by atoms with van der Waals surface area (Å²) < 4.78 is 39.3. The highest BCUT2D eigenvalue weighted by Gasteiger charge is 2.31. The maximum absolute atomic E-state index is 13.1. The Labute approximate surface area is 161 Å². The monoisotopic (exact) mass is 392 g/mol. The van der Waals surface area contributed by atoms with Gasteiger partial charge >= 0.3 is 6.18 Å². The van der Waals surface area contributed by atoms with Crippen molar-refractivity contribution in [2.45, 2.75) is 44.3 Å². The molecule has 4 rings (SSSR count). The average Bonchev–Trinajstić information content (AvgIpc) is 3.06. The zero-order valence-electron chi connectivity index (χ0n) is 15.4. The highest BCUT2D eigenvalue weighted by atomic mass is 19.4. The molecule has 0 saturated carbocycles. The van der Waals surface area contributed by atoms with Crippen LogP contribution in [0.2, 0.25) is 0 Å². The Kier molecular flexibility index (Phi) is 4.78. The molecule has 1 aromatic carbocycles. The van der Waals surface area contributed by atoms with Crippen LogP contribution < -0.4 is 21.7 Å². The summed E-state index contributed by atoms with van der Waals surface area (Å²) in [4.78, 5) is 11.4. The number of hydrogen-bond acceptors (Lipinski definition) is 6. The van der Waals surface area contributed by atoms with Crippen LogP contribution in [-0.2, 0) is 19.0 Å². The van der Waals surface area contributed by atoms with Crippen LogP contribution >= 0.6 is 0 Å². The van der Waals surface area contributed by atoms with Gasteiger partial charge in [-0.2, -0.15) is 18.2 Å². The summed E-state index contributed by atoms with van der Waals surface area (Å²) in [6.45, 7) is 1.54. The molecule has 0 unspecified atom stereocenters. The number of nitrogens with two attached hydrogens (primary N) is 2. The van der Waals surface area contributed by atoms with Crippen LogP contribution in [0.1, 0.15) is 36.1 Å². The number of fused-ring (bicyclic) bond motifs is 1. The van der Waals surface area contributed by atoms with E-state index in [0.717, 1.165) is 74.4 Å². The van der Waals surface area contributed by atoms with E-state index in [1.807, 2.05) is 0 Å². The van der Waals surface area contributed by atoms with E-state index in [4.69, 9.17) is 11.5 Å². The lowest BCUT2D eigenvalue weighted by molar-refractivity contribution is -0.137. The van der Waals surface area contributed by atoms with E-state index in [2.05, 4.69) is 20.2 Å². The predicted molar refractivity (Wildman–Crippen MR) is 103 cm³/mol. The van der Waals surface area contributed by atoms with Crippen LogP contribution in [0.4, 0.5) is 36.3 Å². The molecule has 0 amide bonds. The van der Waals surface area contributed by atoms with Gasteiger partial charge in [0.2, 0.25) is 5.95 Å². The number of nitrogens with zero attached hydrogens (tertiary/aromatic N) is 3. The zero-order valence-corrected chi connectivity index (χ0v) is 15.4. The summed E-state index contributed by atoms with van der Waals surface area (Å²) >= 11 is 0. The molecule has 28 heavy (non-hydrogen) atoms. The number of alkyl halides is 3. The molecule has 1 fully saturated rings. The normalized spacial score (nSPS) is 19.6. The van der Waals surface area contributed by atoms with Crippen molar-refractivity contribution >= 4 is 23.1 Å². The first-order valence-corrected chi connectivity index (χ1v) is 9.45. The third-order valence-electron chi connectivity index (χ3n) is 5.22. The second-order valence-electron chi connectivity index (χ2n) is 7.46. The fourth-order valence-electron chi connectivity index (χ4n) is 3.89. The summed E-state index contributed by atoms with van der Waals surface area (Å²) in [5.41, 5.74) is 13.2. The first-order valence-electron chi connectivity index (χ1n) is 9.45. The highest BCUT2D eigenvalue weighted by molar-refractivity contribution is 5.64. The number of nitrogen functional groups attached to an aromatic ring is 1. The van der Waals surface area contributed by atoms with Crippen LogP contribution in [0.15, 0.2) is 18.2 Å². The van der Waals surface area contributed by atoms with E-state index in [1.54, 1.807) is 0 Å². The van der Waals surface area contributed by atoms with Crippen molar-refractivity contribution in [3.63, 3.8) is 0 Å². The first-order chi connectivity index (χ1) is 13.3. The number of benzene rings is 1. The van der Waals surface area contributed by atoms with Gasteiger partial charge in [-0.25, -0.2) is 4.98 Å². The molecule has 1 aliphatic carbocycles. The Bertz CT molecular complexity index is 883. The van der Waals surface area contributed by atoms with Crippen molar-refractivity contribution in [2.24, 2.45) is 5.73 Å². The second-order valence-corrected chi connectivity index (χ2v) is 7.46. The van der Waals surface area contributed by atoms with Gasteiger partial charge in [-0.15, -0.1) is 0 Å². The van der Waals surface area contributed by atoms with Crippen molar-refractivity contribution in [2.75, 3.05) is 29.0 Å². The molecule has 1 atom stereocenters. The van der Waals surface area contributed by atoms with Crippen LogP contribution in [0, 0.1) is 0 Å². The van der Waals surface area contributed by atoms with Crippen LogP contribution in [0.5, 0.6) is 0 Å². The SMILES string of the molecule is Nc1cc(Nc2nc3c(c(N4CC[C@H](N)C4)n2)CCCC3)cc(C(F)(F)F)c1. The summed E-state index contributed by atoms with van der Waals surface area (Å²) in [6, 6.07) is 3.48. The summed E-state index contributed by atoms with van der Waals surface area (Å²) in [6.07, 6.45) is 0.293. The van der Waals surface area contributed by atoms with Gasteiger partial charge in [0.15, 0.2) is 0 Å². The minimum absolute atomic E-state index is 0.0287. The summed E-state index contributed by atoms with van der Waals surface area (Å²) in [5.74, 6) is 1.13. The quantitative estimate of drug-likeness (QED) is 0.695. The van der Waals surface area contributed by atoms with E-state index in [1.165, 1.54) is 6.07 Å². The Morgan fingerprint density at radius 3 is 2.61 bits per heavy atom. The number of aromatic nitrogens is 2. The summed E-state index contributed by atoms with van der Waals surface area (Å²) in [5, 5.41) is 2.92. The van der Waals surface area contributed by atoms with Gasteiger partial charge in [0.1, 0.15) is 5.82 Å². The Balaban J connectivity index is 1.70. The smallest absolute Gasteiger partial charge is 0.399 e. The number of aryl methyl sites for hydroxylation is 1. The fourth-order valence-corrected chi connectivity index (χ4v) is 3.89. The van der Waals surface area contributed by atoms with E-state index >= 15 is 0 Å². The van der Waals surface area contributed by atoms with E-state index in [0.29, 0.717) is 0 Å². The molecule has 9 heteroatoms. The molecule has 6 nitrogen and oxygen atoms in total. The van der Waals surface area contributed by atoms with Gasteiger partial charge in [-0.1, -0.05) is 0 Å². The molecule has 1 saturated heterocycles.